The molecule has 0 heterocycles. The van der Waals surface area contributed by atoms with E-state index in [4.69, 9.17) is 27.4 Å². The van der Waals surface area contributed by atoms with Gasteiger partial charge in [0.2, 0.25) is 10.0 Å². The van der Waals surface area contributed by atoms with Crippen molar-refractivity contribution >= 4 is 43.3 Å². The Labute approximate surface area is 144 Å². The summed E-state index contributed by atoms with van der Waals surface area (Å²) in [7, 11) is -6.98. The van der Waals surface area contributed by atoms with Crippen molar-refractivity contribution < 1.29 is 21.0 Å². The normalized spacial score (nSPS) is 12.6. The first-order valence-corrected chi connectivity index (χ1v) is 11.6. The Morgan fingerprint density at radius 1 is 0.773 bits per heavy atom. The third-order valence-corrected chi connectivity index (χ3v) is 6.08. The number of nitrogens with one attached hydrogen (secondary N) is 1. The van der Waals surface area contributed by atoms with Crippen LogP contribution in [0.2, 0.25) is 0 Å². The molecule has 0 spiro atoms. The van der Waals surface area contributed by atoms with Gasteiger partial charge in [-0.15, -0.1) is 23.2 Å². The molecule has 0 saturated heterocycles. The summed E-state index contributed by atoms with van der Waals surface area (Å²) >= 11 is 11.0. The van der Waals surface area contributed by atoms with Crippen LogP contribution in [0.25, 0.3) is 0 Å². The second-order valence-electron chi connectivity index (χ2n) is 4.80. The van der Waals surface area contributed by atoms with Crippen LogP contribution in [0.3, 0.4) is 0 Å². The Hall–Kier alpha value is 0.400. The van der Waals surface area contributed by atoms with Crippen molar-refractivity contribution in [1.82, 2.24) is 4.72 Å². The zero-order valence-electron chi connectivity index (χ0n) is 12.6. The quantitative estimate of drug-likeness (QED) is 0.259. The molecule has 0 unspecified atom stereocenters. The lowest BCUT2D eigenvalue weighted by Gasteiger charge is -2.08. The van der Waals surface area contributed by atoms with Crippen LogP contribution in [0.15, 0.2) is 0 Å². The molecule has 0 aromatic rings. The third-order valence-electron chi connectivity index (χ3n) is 2.76. The Morgan fingerprint density at radius 3 is 1.86 bits per heavy atom. The van der Waals surface area contributed by atoms with E-state index in [2.05, 4.69) is 4.72 Å². The van der Waals surface area contributed by atoms with Crippen LogP contribution in [0.1, 0.15) is 38.5 Å². The maximum Gasteiger partial charge on any atom is 0.267 e. The highest BCUT2D eigenvalue weighted by molar-refractivity contribution is 7.89. The van der Waals surface area contributed by atoms with Gasteiger partial charge in [0, 0.05) is 18.3 Å². The van der Waals surface area contributed by atoms with Gasteiger partial charge in [0.25, 0.3) is 10.1 Å². The lowest BCUT2D eigenvalue weighted by atomic mass is 10.3. The standard InChI is InChI=1S/C12H25Cl2NO5S2/c13-7-3-1-5-11-21(16,17)15-9-10-20-22(18,19)12-6-2-4-8-14/h15H,1-12H2. The summed E-state index contributed by atoms with van der Waals surface area (Å²) in [5.74, 6) is 0.960. The largest absolute Gasteiger partial charge is 0.269 e. The molecule has 0 amide bonds. The summed E-state index contributed by atoms with van der Waals surface area (Å²) in [4.78, 5) is 0. The van der Waals surface area contributed by atoms with Gasteiger partial charge in [-0.05, 0) is 25.7 Å². The number of hydrogen-bond acceptors (Lipinski definition) is 5. The minimum absolute atomic E-state index is 0.00899. The molecule has 0 bridgehead atoms. The zero-order chi connectivity index (χ0) is 16.9. The summed E-state index contributed by atoms with van der Waals surface area (Å²) in [6.07, 6.45) is 4.03. The second kappa shape index (κ2) is 12.8. The van der Waals surface area contributed by atoms with Gasteiger partial charge in [0.05, 0.1) is 18.1 Å². The molecule has 6 nitrogen and oxygen atoms in total. The van der Waals surface area contributed by atoms with E-state index in [1.165, 1.54) is 0 Å². The zero-order valence-corrected chi connectivity index (χ0v) is 15.7. The van der Waals surface area contributed by atoms with E-state index < -0.39 is 20.1 Å². The fourth-order valence-corrected chi connectivity index (χ4v) is 4.12. The molecular weight excluding hydrogens is 373 g/mol. The first kappa shape index (κ1) is 22.4. The third kappa shape index (κ3) is 14.0. The van der Waals surface area contributed by atoms with Crippen LogP contribution < -0.4 is 4.72 Å². The molecule has 0 atom stereocenters. The average Bonchev–Trinajstić information content (AvgIpc) is 2.45. The average molecular weight is 398 g/mol. The fourth-order valence-electron chi connectivity index (χ4n) is 1.61. The SMILES string of the molecule is O=S(=O)(CCCCCCl)NCCOS(=O)(=O)CCCCCCl. The van der Waals surface area contributed by atoms with Crippen molar-refractivity contribution in [2.45, 2.75) is 38.5 Å². The minimum atomic E-state index is -3.60. The van der Waals surface area contributed by atoms with E-state index in [1.807, 2.05) is 0 Å². The molecule has 0 radical (unpaired) electrons. The molecular formula is C12H25Cl2NO5S2. The van der Waals surface area contributed by atoms with Crippen molar-refractivity contribution in [3.8, 4) is 0 Å². The van der Waals surface area contributed by atoms with E-state index in [0.29, 0.717) is 24.6 Å². The van der Waals surface area contributed by atoms with Gasteiger partial charge in [0.1, 0.15) is 0 Å². The topological polar surface area (TPSA) is 89.5 Å². The van der Waals surface area contributed by atoms with Crippen molar-refractivity contribution in [2.75, 3.05) is 36.4 Å². The summed E-state index contributed by atoms with van der Waals surface area (Å²) in [6.45, 7) is -0.252. The van der Waals surface area contributed by atoms with Crippen LogP contribution in [0, 0.1) is 0 Å². The number of hydrogen-bond donors (Lipinski definition) is 1. The van der Waals surface area contributed by atoms with Gasteiger partial charge >= 0.3 is 0 Å². The molecule has 0 aromatic carbocycles. The van der Waals surface area contributed by atoms with Gasteiger partial charge in [-0.2, -0.15) is 8.42 Å². The van der Waals surface area contributed by atoms with E-state index >= 15 is 0 Å². The Balaban J connectivity index is 3.81. The lowest BCUT2D eigenvalue weighted by Crippen LogP contribution is -2.30. The molecule has 0 fully saturated rings. The second-order valence-corrected chi connectivity index (χ2v) is 9.24. The highest BCUT2D eigenvalue weighted by Gasteiger charge is 2.13. The van der Waals surface area contributed by atoms with Crippen molar-refractivity contribution in [1.29, 1.82) is 0 Å². The maximum atomic E-state index is 11.6. The Bertz CT molecular complexity index is 424. The first-order chi connectivity index (χ1) is 10.3. The van der Waals surface area contributed by atoms with Gasteiger partial charge < -0.3 is 0 Å². The first-order valence-electron chi connectivity index (χ1n) is 7.29. The van der Waals surface area contributed by atoms with E-state index in [-0.39, 0.29) is 24.7 Å². The molecule has 0 rings (SSSR count). The highest BCUT2D eigenvalue weighted by Crippen LogP contribution is 2.03. The van der Waals surface area contributed by atoms with Gasteiger partial charge in [-0.1, -0.05) is 12.8 Å². The number of unbranched alkanes of at least 4 members (excludes halogenated alkanes) is 4. The summed E-state index contributed by atoms with van der Waals surface area (Å²) in [5.41, 5.74) is 0. The predicted molar refractivity (Wildman–Crippen MR) is 90.7 cm³/mol. The number of halogens is 2. The molecule has 0 aliphatic rings. The van der Waals surface area contributed by atoms with Crippen molar-refractivity contribution in [2.24, 2.45) is 0 Å². The maximum absolute atomic E-state index is 11.6. The number of rotatable bonds is 15. The molecule has 134 valence electrons. The number of alkyl halides is 2. The van der Waals surface area contributed by atoms with Gasteiger partial charge in [-0.25, -0.2) is 13.1 Å². The molecule has 0 aromatic heterocycles. The highest BCUT2D eigenvalue weighted by atomic mass is 35.5. The molecule has 10 heteroatoms. The predicted octanol–water partition coefficient (Wildman–Crippen LogP) is 2.07. The van der Waals surface area contributed by atoms with Crippen molar-refractivity contribution in [3.63, 3.8) is 0 Å². The number of sulfonamides is 1. The Morgan fingerprint density at radius 2 is 1.32 bits per heavy atom. The van der Waals surface area contributed by atoms with Crippen LogP contribution in [0.5, 0.6) is 0 Å². The molecule has 0 aliphatic heterocycles. The molecule has 0 saturated carbocycles. The van der Waals surface area contributed by atoms with E-state index in [1.54, 1.807) is 0 Å². The van der Waals surface area contributed by atoms with Crippen LogP contribution in [0.4, 0.5) is 0 Å². The molecule has 22 heavy (non-hydrogen) atoms. The van der Waals surface area contributed by atoms with E-state index in [9.17, 15) is 16.8 Å². The van der Waals surface area contributed by atoms with Gasteiger partial charge in [0.15, 0.2) is 0 Å². The monoisotopic (exact) mass is 397 g/mol. The minimum Gasteiger partial charge on any atom is -0.269 e. The smallest absolute Gasteiger partial charge is 0.267 e. The molecule has 0 aliphatic carbocycles. The summed E-state index contributed by atoms with van der Waals surface area (Å²) in [6, 6.07) is 0. The van der Waals surface area contributed by atoms with E-state index in [0.717, 1.165) is 25.7 Å². The summed E-state index contributed by atoms with van der Waals surface area (Å²) < 4.78 is 53.3. The Kier molecular flexibility index (Phi) is 13.0. The van der Waals surface area contributed by atoms with Crippen LogP contribution >= 0.6 is 23.2 Å². The lowest BCUT2D eigenvalue weighted by molar-refractivity contribution is 0.322. The molecule has 1 N–H and O–H groups in total. The van der Waals surface area contributed by atoms with Crippen LogP contribution in [-0.4, -0.2) is 53.3 Å². The van der Waals surface area contributed by atoms with Crippen molar-refractivity contribution in [3.05, 3.63) is 0 Å². The summed E-state index contributed by atoms with van der Waals surface area (Å²) in [5, 5.41) is 0. The fraction of sp³-hybridized carbons (Fsp3) is 1.00. The van der Waals surface area contributed by atoms with Gasteiger partial charge in [-0.3, -0.25) is 4.18 Å². The van der Waals surface area contributed by atoms with Crippen LogP contribution in [-0.2, 0) is 24.3 Å².